The summed E-state index contributed by atoms with van der Waals surface area (Å²) in [5.41, 5.74) is 2.33. The van der Waals surface area contributed by atoms with Crippen molar-refractivity contribution in [2.45, 2.75) is 20.8 Å². The molecule has 0 N–H and O–H groups in total. The van der Waals surface area contributed by atoms with E-state index in [1.807, 2.05) is 20.8 Å². The van der Waals surface area contributed by atoms with E-state index in [1.165, 1.54) is 27.1 Å². The van der Waals surface area contributed by atoms with E-state index in [4.69, 9.17) is 0 Å². The minimum absolute atomic E-state index is 1.11. The molecule has 0 atom stereocenters. The summed E-state index contributed by atoms with van der Waals surface area (Å²) in [5.74, 6) is 0. The lowest BCUT2D eigenvalue weighted by Crippen LogP contribution is -1.80. The quantitative estimate of drug-likeness (QED) is 0.460. The van der Waals surface area contributed by atoms with E-state index in [2.05, 4.69) is 61.2 Å². The molecule has 0 heteroatoms. The lowest BCUT2D eigenvalue weighted by atomic mass is 10.00. The van der Waals surface area contributed by atoms with Gasteiger partial charge in [0.15, 0.2) is 0 Å². The van der Waals surface area contributed by atoms with Gasteiger partial charge in [-0.3, -0.25) is 0 Å². The van der Waals surface area contributed by atoms with Gasteiger partial charge in [0.2, 0.25) is 0 Å². The summed E-state index contributed by atoms with van der Waals surface area (Å²) >= 11 is 0. The molecule has 96 valence electrons. The smallest absolute Gasteiger partial charge is 0.0172 e. The van der Waals surface area contributed by atoms with Gasteiger partial charge in [0.05, 0.1) is 0 Å². The molecule has 0 aliphatic rings. The Labute approximate surface area is 115 Å². The van der Waals surface area contributed by atoms with Crippen LogP contribution >= 0.6 is 0 Å². The molecule has 0 heterocycles. The highest BCUT2D eigenvalue weighted by atomic mass is 14.0. The zero-order valence-electron chi connectivity index (χ0n) is 11.9. The predicted molar refractivity (Wildman–Crippen MR) is 87.5 cm³/mol. The first-order chi connectivity index (χ1) is 9.24. The highest BCUT2D eigenvalue weighted by Crippen LogP contribution is 2.25. The summed E-state index contributed by atoms with van der Waals surface area (Å²) < 4.78 is 0. The number of benzene rings is 3. The second kappa shape index (κ2) is 5.71. The molecule has 0 aliphatic carbocycles. The summed E-state index contributed by atoms with van der Waals surface area (Å²) in [7, 11) is 0. The number of fused-ring (bicyclic) bond motifs is 2. The molecule has 0 radical (unpaired) electrons. The maximum atomic E-state index is 3.99. The Hall–Kier alpha value is -2.08. The lowest BCUT2D eigenvalue weighted by Gasteiger charge is -2.05. The maximum absolute atomic E-state index is 3.99. The van der Waals surface area contributed by atoms with E-state index >= 15 is 0 Å². The standard InChI is InChI=1S/C17H14.C2H6/c1-12(2)13-7-8-16-10-14-5-3-4-6-15(14)11-17(16)9-13;1-2/h3-11H,1H2,2H3;1-2H3. The van der Waals surface area contributed by atoms with E-state index in [0.29, 0.717) is 0 Å². The maximum Gasteiger partial charge on any atom is -0.0172 e. The first kappa shape index (κ1) is 13.4. The first-order valence-electron chi connectivity index (χ1n) is 6.82. The highest BCUT2D eigenvalue weighted by Gasteiger charge is 1.99. The van der Waals surface area contributed by atoms with Crippen molar-refractivity contribution < 1.29 is 0 Å². The monoisotopic (exact) mass is 248 g/mol. The van der Waals surface area contributed by atoms with Gasteiger partial charge in [0, 0.05) is 0 Å². The minimum Gasteiger partial charge on any atom is -0.0955 e. The van der Waals surface area contributed by atoms with Gasteiger partial charge in [-0.05, 0) is 52.2 Å². The Morgan fingerprint density at radius 2 is 1.26 bits per heavy atom. The molecule has 3 aromatic rings. The molecule has 0 bridgehead atoms. The lowest BCUT2D eigenvalue weighted by molar-refractivity contribution is 1.50. The van der Waals surface area contributed by atoms with Gasteiger partial charge in [-0.2, -0.15) is 0 Å². The third kappa shape index (κ3) is 2.68. The van der Waals surface area contributed by atoms with Gasteiger partial charge >= 0.3 is 0 Å². The van der Waals surface area contributed by atoms with E-state index in [-0.39, 0.29) is 0 Å². The zero-order valence-corrected chi connectivity index (χ0v) is 11.9. The van der Waals surface area contributed by atoms with Crippen LogP contribution in [0.4, 0.5) is 0 Å². The van der Waals surface area contributed by atoms with Crippen molar-refractivity contribution in [1.82, 2.24) is 0 Å². The fourth-order valence-corrected chi connectivity index (χ4v) is 2.21. The first-order valence-corrected chi connectivity index (χ1v) is 6.82. The van der Waals surface area contributed by atoms with Crippen LogP contribution in [0.1, 0.15) is 26.3 Å². The Bertz CT molecular complexity index is 720. The van der Waals surface area contributed by atoms with Crippen LogP contribution in [0.5, 0.6) is 0 Å². The minimum atomic E-state index is 1.11. The second-order valence-electron chi connectivity index (χ2n) is 4.54. The van der Waals surface area contributed by atoms with Crippen LogP contribution in [0.2, 0.25) is 0 Å². The normalized spacial score (nSPS) is 10.1. The molecular formula is C19H20. The molecule has 0 aromatic heterocycles. The van der Waals surface area contributed by atoms with Gasteiger partial charge in [0.1, 0.15) is 0 Å². The van der Waals surface area contributed by atoms with E-state index < -0.39 is 0 Å². The fourth-order valence-electron chi connectivity index (χ4n) is 2.21. The van der Waals surface area contributed by atoms with E-state index in [0.717, 1.165) is 5.57 Å². The summed E-state index contributed by atoms with van der Waals surface area (Å²) in [6, 6.07) is 19.5. The van der Waals surface area contributed by atoms with Crippen molar-refractivity contribution in [2.24, 2.45) is 0 Å². The Morgan fingerprint density at radius 3 is 1.84 bits per heavy atom. The topological polar surface area (TPSA) is 0 Å². The van der Waals surface area contributed by atoms with Gasteiger partial charge in [0.25, 0.3) is 0 Å². The van der Waals surface area contributed by atoms with Crippen LogP contribution in [0.15, 0.2) is 61.2 Å². The van der Waals surface area contributed by atoms with Crippen LogP contribution in [0.25, 0.3) is 27.1 Å². The molecule has 3 aromatic carbocycles. The van der Waals surface area contributed by atoms with E-state index in [1.54, 1.807) is 0 Å². The van der Waals surface area contributed by atoms with Crippen LogP contribution in [-0.4, -0.2) is 0 Å². The van der Waals surface area contributed by atoms with Gasteiger partial charge in [-0.1, -0.05) is 62.4 Å². The van der Waals surface area contributed by atoms with Gasteiger partial charge < -0.3 is 0 Å². The van der Waals surface area contributed by atoms with Crippen LogP contribution < -0.4 is 0 Å². The molecule has 0 fully saturated rings. The van der Waals surface area contributed by atoms with Crippen molar-refractivity contribution >= 4 is 27.1 Å². The summed E-state index contributed by atoms with van der Waals surface area (Å²) in [4.78, 5) is 0. The molecule has 0 nitrogen and oxygen atoms in total. The number of hydrogen-bond donors (Lipinski definition) is 0. The molecule has 0 spiro atoms. The predicted octanol–water partition coefficient (Wildman–Crippen LogP) is 6.05. The molecule has 0 saturated carbocycles. The number of allylic oxidation sites excluding steroid dienone is 1. The third-order valence-electron chi connectivity index (χ3n) is 3.20. The van der Waals surface area contributed by atoms with E-state index in [9.17, 15) is 0 Å². The molecule has 19 heavy (non-hydrogen) atoms. The molecule has 0 aliphatic heterocycles. The van der Waals surface area contributed by atoms with Crippen molar-refractivity contribution in [3.05, 3.63) is 66.7 Å². The summed E-state index contributed by atoms with van der Waals surface area (Å²) in [6.07, 6.45) is 0. The number of rotatable bonds is 1. The molecule has 3 rings (SSSR count). The Kier molecular flexibility index (Phi) is 4.01. The SMILES string of the molecule is C=C(C)c1ccc2cc3ccccc3cc2c1.CC. The van der Waals surface area contributed by atoms with Crippen molar-refractivity contribution in [3.8, 4) is 0 Å². The average molecular weight is 248 g/mol. The highest BCUT2D eigenvalue weighted by molar-refractivity contribution is 5.99. The Balaban J connectivity index is 0.000000637. The largest absolute Gasteiger partial charge is 0.0955 e. The van der Waals surface area contributed by atoms with Crippen molar-refractivity contribution in [1.29, 1.82) is 0 Å². The molecule has 0 amide bonds. The van der Waals surface area contributed by atoms with Crippen LogP contribution in [0.3, 0.4) is 0 Å². The Morgan fingerprint density at radius 1 is 0.737 bits per heavy atom. The second-order valence-corrected chi connectivity index (χ2v) is 4.54. The average Bonchev–Trinajstić information content (AvgIpc) is 2.46. The zero-order chi connectivity index (χ0) is 13.8. The van der Waals surface area contributed by atoms with Crippen LogP contribution in [0, 0.1) is 0 Å². The molecule has 0 saturated heterocycles. The molecule has 0 unspecified atom stereocenters. The third-order valence-corrected chi connectivity index (χ3v) is 3.20. The van der Waals surface area contributed by atoms with Crippen molar-refractivity contribution in [3.63, 3.8) is 0 Å². The number of hydrogen-bond acceptors (Lipinski definition) is 0. The van der Waals surface area contributed by atoms with Crippen LogP contribution in [-0.2, 0) is 0 Å². The van der Waals surface area contributed by atoms with Gasteiger partial charge in [-0.15, -0.1) is 0 Å². The van der Waals surface area contributed by atoms with Gasteiger partial charge in [-0.25, -0.2) is 0 Å². The summed E-state index contributed by atoms with van der Waals surface area (Å²) in [6.45, 7) is 10.0. The summed E-state index contributed by atoms with van der Waals surface area (Å²) in [5, 5.41) is 5.15. The van der Waals surface area contributed by atoms with Crippen molar-refractivity contribution in [2.75, 3.05) is 0 Å². The fraction of sp³-hybridized carbons (Fsp3) is 0.158. The molecular weight excluding hydrogens is 228 g/mol.